The summed E-state index contributed by atoms with van der Waals surface area (Å²) in [5.41, 5.74) is 0. The van der Waals surface area contributed by atoms with E-state index in [0.29, 0.717) is 24.3 Å². The molecule has 0 spiro atoms. The minimum absolute atomic E-state index is 0.501. The monoisotopic (exact) mass is 249 g/mol. The summed E-state index contributed by atoms with van der Waals surface area (Å²) in [6.07, 6.45) is 7.65. The molecular formula is C14H19NOS. The van der Waals surface area contributed by atoms with Gasteiger partial charge in [0.15, 0.2) is 0 Å². The van der Waals surface area contributed by atoms with Gasteiger partial charge in [-0.05, 0) is 49.5 Å². The molecular weight excluding hydrogens is 230 g/mol. The van der Waals surface area contributed by atoms with Crippen molar-refractivity contribution in [3.63, 3.8) is 0 Å². The maximum absolute atomic E-state index is 5.94. The van der Waals surface area contributed by atoms with Crippen molar-refractivity contribution in [2.45, 2.75) is 56.4 Å². The molecule has 1 aromatic heterocycles. The van der Waals surface area contributed by atoms with Crippen LogP contribution < -0.4 is 5.32 Å². The van der Waals surface area contributed by atoms with E-state index in [-0.39, 0.29) is 0 Å². The summed E-state index contributed by atoms with van der Waals surface area (Å²) in [7, 11) is 0. The molecule has 1 saturated carbocycles. The Bertz CT molecular complexity index is 387. The first-order valence-corrected chi connectivity index (χ1v) is 7.73. The molecule has 92 valence electrons. The van der Waals surface area contributed by atoms with E-state index in [9.17, 15) is 0 Å². The van der Waals surface area contributed by atoms with Crippen molar-refractivity contribution in [2.75, 3.05) is 0 Å². The van der Waals surface area contributed by atoms with Crippen molar-refractivity contribution >= 4 is 11.3 Å². The second-order valence-corrected chi connectivity index (χ2v) is 6.69. The Kier molecular flexibility index (Phi) is 2.53. The molecule has 1 N–H and O–H groups in total. The minimum Gasteiger partial charge on any atom is -0.373 e. The highest BCUT2D eigenvalue weighted by molar-refractivity contribution is 7.10. The fourth-order valence-corrected chi connectivity index (χ4v) is 4.27. The normalized spacial score (nSPS) is 37.5. The Morgan fingerprint density at radius 3 is 2.82 bits per heavy atom. The number of ether oxygens (including phenoxy) is 1. The molecule has 4 rings (SSSR count). The molecule has 3 aliphatic rings. The largest absolute Gasteiger partial charge is 0.373 e. The van der Waals surface area contributed by atoms with Crippen LogP contribution in [0.5, 0.6) is 0 Å². The van der Waals surface area contributed by atoms with E-state index in [1.54, 1.807) is 0 Å². The zero-order valence-electron chi connectivity index (χ0n) is 9.97. The Morgan fingerprint density at radius 2 is 2.24 bits per heavy atom. The molecule has 0 aromatic carbocycles. The fourth-order valence-electron chi connectivity index (χ4n) is 3.39. The van der Waals surface area contributed by atoms with Crippen LogP contribution in [0, 0.1) is 5.92 Å². The third-order valence-corrected chi connectivity index (χ3v) is 5.40. The van der Waals surface area contributed by atoms with Crippen molar-refractivity contribution in [1.29, 1.82) is 0 Å². The molecule has 17 heavy (non-hydrogen) atoms. The van der Waals surface area contributed by atoms with Gasteiger partial charge in [0.05, 0.1) is 12.2 Å². The highest BCUT2D eigenvalue weighted by atomic mass is 32.1. The minimum atomic E-state index is 0.501. The lowest BCUT2D eigenvalue weighted by Crippen LogP contribution is -2.40. The summed E-state index contributed by atoms with van der Waals surface area (Å²) in [5.74, 6) is 0.882. The van der Waals surface area contributed by atoms with Crippen LogP contribution in [-0.4, -0.2) is 18.2 Å². The van der Waals surface area contributed by atoms with Gasteiger partial charge in [-0.3, -0.25) is 0 Å². The predicted octanol–water partition coefficient (Wildman–Crippen LogP) is 3.11. The molecule has 1 aromatic rings. The number of hydrogen-bond donors (Lipinski definition) is 1. The van der Waals surface area contributed by atoms with Crippen LogP contribution in [0.3, 0.4) is 0 Å². The van der Waals surface area contributed by atoms with Gasteiger partial charge in [0, 0.05) is 17.0 Å². The first-order valence-electron chi connectivity index (χ1n) is 6.85. The molecule has 3 heterocycles. The summed E-state index contributed by atoms with van der Waals surface area (Å²) < 4.78 is 5.94. The summed E-state index contributed by atoms with van der Waals surface area (Å²) >= 11 is 1.90. The molecule has 3 fully saturated rings. The van der Waals surface area contributed by atoms with Crippen LogP contribution in [0.15, 0.2) is 17.5 Å². The van der Waals surface area contributed by atoms with Gasteiger partial charge < -0.3 is 10.1 Å². The van der Waals surface area contributed by atoms with Crippen molar-refractivity contribution < 1.29 is 4.74 Å². The molecule has 0 amide bonds. The summed E-state index contributed by atoms with van der Waals surface area (Å²) in [5, 5.41) is 6.10. The van der Waals surface area contributed by atoms with Gasteiger partial charge in [0.2, 0.25) is 0 Å². The highest BCUT2D eigenvalue weighted by Crippen LogP contribution is 2.44. The zero-order valence-corrected chi connectivity index (χ0v) is 10.8. The molecule has 3 heteroatoms. The number of hydrogen-bond acceptors (Lipinski definition) is 3. The van der Waals surface area contributed by atoms with Crippen molar-refractivity contribution in [3.05, 3.63) is 22.4 Å². The molecule has 2 saturated heterocycles. The average Bonchev–Trinajstić information content (AvgIpc) is 2.82. The van der Waals surface area contributed by atoms with E-state index < -0.39 is 0 Å². The van der Waals surface area contributed by atoms with Gasteiger partial charge in [0.1, 0.15) is 0 Å². The van der Waals surface area contributed by atoms with Crippen LogP contribution >= 0.6 is 11.3 Å². The number of thiophene rings is 1. The van der Waals surface area contributed by atoms with E-state index in [1.165, 1.54) is 37.0 Å². The molecule has 4 atom stereocenters. The van der Waals surface area contributed by atoms with Crippen molar-refractivity contribution in [2.24, 2.45) is 5.92 Å². The SMILES string of the molecule is c1csc(C(NC2CC3CCC2O3)C2CC2)c1. The number of rotatable bonds is 4. The molecule has 4 unspecified atom stereocenters. The zero-order chi connectivity index (χ0) is 11.2. The maximum atomic E-state index is 5.94. The first kappa shape index (κ1) is 10.5. The van der Waals surface area contributed by atoms with Gasteiger partial charge in [-0.2, -0.15) is 0 Å². The van der Waals surface area contributed by atoms with E-state index in [1.807, 2.05) is 11.3 Å². The highest BCUT2D eigenvalue weighted by Gasteiger charge is 2.43. The second kappa shape index (κ2) is 4.08. The average molecular weight is 249 g/mol. The van der Waals surface area contributed by atoms with Crippen LogP contribution in [-0.2, 0) is 4.74 Å². The summed E-state index contributed by atoms with van der Waals surface area (Å²) in [6, 6.07) is 5.67. The van der Waals surface area contributed by atoms with Crippen LogP contribution in [0.1, 0.15) is 43.0 Å². The lowest BCUT2D eigenvalue weighted by Gasteiger charge is -2.26. The Hall–Kier alpha value is -0.380. The Morgan fingerprint density at radius 1 is 1.29 bits per heavy atom. The standard InChI is InChI=1S/C14H19NOS/c1-2-13(17-7-1)14(9-3-4-9)15-11-8-10-5-6-12(11)16-10/h1-2,7,9-12,14-15H,3-6,8H2. The maximum Gasteiger partial charge on any atom is 0.0733 e. The lowest BCUT2D eigenvalue weighted by atomic mass is 9.94. The van der Waals surface area contributed by atoms with Crippen molar-refractivity contribution in [3.8, 4) is 0 Å². The van der Waals surface area contributed by atoms with Crippen molar-refractivity contribution in [1.82, 2.24) is 5.32 Å². The van der Waals surface area contributed by atoms with E-state index in [0.717, 1.165) is 5.92 Å². The van der Waals surface area contributed by atoms with Crippen LogP contribution in [0.4, 0.5) is 0 Å². The number of nitrogens with one attached hydrogen (secondary N) is 1. The fraction of sp³-hybridized carbons (Fsp3) is 0.714. The van der Waals surface area contributed by atoms with Gasteiger partial charge in [-0.25, -0.2) is 0 Å². The third-order valence-electron chi connectivity index (χ3n) is 4.44. The molecule has 1 aliphatic carbocycles. The lowest BCUT2D eigenvalue weighted by molar-refractivity contribution is 0.0956. The van der Waals surface area contributed by atoms with Gasteiger partial charge in [-0.15, -0.1) is 11.3 Å². The molecule has 2 nitrogen and oxygen atoms in total. The van der Waals surface area contributed by atoms with Crippen LogP contribution in [0.2, 0.25) is 0 Å². The van der Waals surface area contributed by atoms with Crippen LogP contribution in [0.25, 0.3) is 0 Å². The predicted molar refractivity (Wildman–Crippen MR) is 69.2 cm³/mol. The smallest absolute Gasteiger partial charge is 0.0733 e. The van der Waals surface area contributed by atoms with Gasteiger partial charge >= 0.3 is 0 Å². The number of fused-ring (bicyclic) bond motifs is 2. The molecule has 0 radical (unpaired) electrons. The molecule has 2 aliphatic heterocycles. The summed E-state index contributed by atoms with van der Waals surface area (Å²) in [6.45, 7) is 0. The summed E-state index contributed by atoms with van der Waals surface area (Å²) in [4.78, 5) is 1.52. The quantitative estimate of drug-likeness (QED) is 0.885. The second-order valence-electron chi connectivity index (χ2n) is 5.71. The van der Waals surface area contributed by atoms with E-state index in [2.05, 4.69) is 22.8 Å². The third kappa shape index (κ3) is 1.94. The van der Waals surface area contributed by atoms with Gasteiger partial charge in [0.25, 0.3) is 0 Å². The van der Waals surface area contributed by atoms with E-state index in [4.69, 9.17) is 4.74 Å². The molecule has 2 bridgehead atoms. The first-order chi connectivity index (χ1) is 8.40. The topological polar surface area (TPSA) is 21.3 Å². The Balaban J connectivity index is 1.49. The Labute approximate surface area is 106 Å². The van der Waals surface area contributed by atoms with E-state index >= 15 is 0 Å². The van der Waals surface area contributed by atoms with Gasteiger partial charge in [-0.1, -0.05) is 6.07 Å².